The van der Waals surface area contributed by atoms with Crippen molar-refractivity contribution in [3.8, 4) is 23.9 Å². The number of nitrogens with zero attached hydrogens (tertiary/aromatic N) is 3. The lowest BCUT2D eigenvalue weighted by atomic mass is 9.90. The number of hydrogen-bond donors (Lipinski definition) is 0. The van der Waals surface area contributed by atoms with Crippen LogP contribution in [0.25, 0.3) is 11.5 Å². The molecule has 0 bridgehead atoms. The summed E-state index contributed by atoms with van der Waals surface area (Å²) in [6.45, 7) is 18.0. The predicted molar refractivity (Wildman–Crippen MR) is 256 cm³/mol. The summed E-state index contributed by atoms with van der Waals surface area (Å²) in [6.07, 6.45) is 14.4. The molecule has 2 aliphatic carbocycles. The number of ether oxygens (including phenoxy) is 4. The minimum absolute atomic E-state index is 0.0957. The minimum Gasteiger partial charge on any atom is -0.460 e. The van der Waals surface area contributed by atoms with Crippen LogP contribution >= 0.6 is 0 Å². The predicted octanol–water partition coefficient (Wildman–Crippen LogP) is 12.6. The largest absolute Gasteiger partial charge is 0.460 e. The van der Waals surface area contributed by atoms with Crippen molar-refractivity contribution in [1.29, 1.82) is 0 Å². The van der Waals surface area contributed by atoms with E-state index in [2.05, 4.69) is 47.4 Å². The molecule has 0 radical (unpaired) electrons. The third-order valence-electron chi connectivity index (χ3n) is 11.4. The average molecular weight is 918 g/mol. The van der Waals surface area contributed by atoms with E-state index in [1.807, 2.05) is 96.1 Å². The van der Waals surface area contributed by atoms with Crippen LogP contribution in [0.3, 0.4) is 0 Å². The molecule has 0 unspecified atom stereocenters. The summed E-state index contributed by atoms with van der Waals surface area (Å²) < 4.78 is 39.9. The van der Waals surface area contributed by atoms with Gasteiger partial charge < -0.3 is 32.5 Å². The Bertz CT molecular complexity index is 2330. The SMILES string of the molecule is C#Cc1onc([C@@H](CCCOCc2ccccc2)CC(=O)OC(C)(C)C)c1C1CC1.CC(C)Cc1cc(-c2onc([C@@H](CCCOCc3ccccc3)CC(=O)OC(C)(C)C)c2C2CC2)on1. The molecular weight excluding hydrogens is 847 g/mol. The molecule has 0 amide bonds. The quantitative estimate of drug-likeness (QED) is 0.0349. The molecule has 67 heavy (non-hydrogen) atoms. The van der Waals surface area contributed by atoms with Gasteiger partial charge in [0.25, 0.3) is 0 Å². The van der Waals surface area contributed by atoms with Crippen LogP contribution in [-0.4, -0.2) is 51.8 Å². The van der Waals surface area contributed by atoms with E-state index in [1.54, 1.807) is 0 Å². The molecule has 0 N–H and O–H groups in total. The zero-order valence-electron chi connectivity index (χ0n) is 40.9. The van der Waals surface area contributed by atoms with Gasteiger partial charge in [0, 0.05) is 42.2 Å². The van der Waals surface area contributed by atoms with Crippen molar-refractivity contribution in [2.24, 2.45) is 5.92 Å². The van der Waals surface area contributed by atoms with Crippen molar-refractivity contribution in [1.82, 2.24) is 15.5 Å². The van der Waals surface area contributed by atoms with Crippen LogP contribution in [0.15, 0.2) is 80.3 Å². The van der Waals surface area contributed by atoms with Crippen LogP contribution in [0.1, 0.15) is 188 Å². The number of aromatic nitrogens is 3. The number of terminal acetylenes is 1. The molecule has 12 nitrogen and oxygen atoms in total. The van der Waals surface area contributed by atoms with Gasteiger partial charge in [-0.25, -0.2) is 0 Å². The van der Waals surface area contributed by atoms with E-state index < -0.39 is 11.2 Å². The van der Waals surface area contributed by atoms with Gasteiger partial charge in [-0.3, -0.25) is 9.59 Å². The normalized spacial score (nSPS) is 14.8. The Morgan fingerprint density at radius 1 is 0.687 bits per heavy atom. The lowest BCUT2D eigenvalue weighted by Crippen LogP contribution is -2.25. The highest BCUT2D eigenvalue weighted by atomic mass is 16.6. The Kier molecular flexibility index (Phi) is 18.2. The van der Waals surface area contributed by atoms with Gasteiger partial charge in [0.15, 0.2) is 0 Å². The molecule has 3 aromatic heterocycles. The fourth-order valence-corrected chi connectivity index (χ4v) is 8.19. The van der Waals surface area contributed by atoms with Gasteiger partial charge in [-0.15, -0.1) is 6.42 Å². The van der Waals surface area contributed by atoms with E-state index in [-0.39, 0.29) is 36.6 Å². The zero-order chi connectivity index (χ0) is 48.0. The Morgan fingerprint density at radius 3 is 1.63 bits per heavy atom. The van der Waals surface area contributed by atoms with Gasteiger partial charge >= 0.3 is 11.9 Å². The first-order chi connectivity index (χ1) is 32.1. The molecule has 0 spiro atoms. The van der Waals surface area contributed by atoms with Crippen LogP contribution < -0.4 is 0 Å². The fraction of sp³-hybridized carbons (Fsp3) is 0.545. The summed E-state index contributed by atoms with van der Waals surface area (Å²) in [5, 5.41) is 13.0. The van der Waals surface area contributed by atoms with E-state index in [0.29, 0.717) is 61.5 Å². The Labute approximate surface area is 397 Å². The number of benzene rings is 2. The number of esters is 2. The maximum absolute atomic E-state index is 12.9. The monoisotopic (exact) mass is 918 g/mol. The van der Waals surface area contributed by atoms with E-state index in [1.165, 1.54) is 0 Å². The van der Waals surface area contributed by atoms with E-state index in [9.17, 15) is 9.59 Å². The van der Waals surface area contributed by atoms with Gasteiger partial charge in [0.2, 0.25) is 17.3 Å². The fourth-order valence-electron chi connectivity index (χ4n) is 8.19. The van der Waals surface area contributed by atoms with Crippen molar-refractivity contribution in [2.45, 2.75) is 174 Å². The summed E-state index contributed by atoms with van der Waals surface area (Å²) in [4.78, 5) is 25.4. The zero-order valence-corrected chi connectivity index (χ0v) is 40.9. The molecule has 2 aliphatic rings. The van der Waals surface area contributed by atoms with Crippen molar-refractivity contribution in [2.75, 3.05) is 13.2 Å². The van der Waals surface area contributed by atoms with Crippen molar-refractivity contribution in [3.63, 3.8) is 0 Å². The minimum atomic E-state index is -0.540. The molecule has 0 aliphatic heterocycles. The molecule has 2 aromatic carbocycles. The van der Waals surface area contributed by atoms with Gasteiger partial charge in [0.05, 0.1) is 43.1 Å². The van der Waals surface area contributed by atoms with Gasteiger partial charge in [-0.2, -0.15) is 0 Å². The average Bonchev–Trinajstić information content (AvgIpc) is 4.16. The molecule has 5 aromatic rings. The third kappa shape index (κ3) is 16.6. The second-order valence-corrected chi connectivity index (χ2v) is 20.4. The first-order valence-corrected chi connectivity index (χ1v) is 24.1. The van der Waals surface area contributed by atoms with Gasteiger partial charge in [-0.05, 0) is 134 Å². The highest BCUT2D eigenvalue weighted by Gasteiger charge is 2.38. The number of rotatable bonds is 23. The van der Waals surface area contributed by atoms with Crippen molar-refractivity contribution >= 4 is 11.9 Å². The molecule has 7 rings (SSSR count). The highest BCUT2D eigenvalue weighted by molar-refractivity contribution is 5.72. The molecule has 2 saturated carbocycles. The molecule has 12 heteroatoms. The summed E-state index contributed by atoms with van der Waals surface area (Å²) in [7, 11) is 0. The standard InChI is InChI=1S/C30H40N2O5.C25H31NO4/c1-20(2)16-24-18-25(36-31-24)29-27(22-13-14-22)28(32-37-29)23(17-26(33)35-30(3,4)5)12-9-15-34-19-21-10-7-6-8-11-21;1-5-21-23(19-13-14-19)24(26-30-21)20(16-22(27)29-25(2,3)4)12-9-15-28-17-18-10-7-6-8-11-18/h6-8,10-11,18,20,22-23H,9,12-17,19H2,1-5H3;1,6-8,10-11,19-20H,9,12-17H2,2-4H3/t23-;20-/m00/s1. The maximum atomic E-state index is 12.9. The second kappa shape index (κ2) is 24.0. The van der Waals surface area contributed by atoms with Crippen LogP contribution in [0.5, 0.6) is 0 Å². The summed E-state index contributed by atoms with van der Waals surface area (Å²) in [6, 6.07) is 22.2. The Morgan fingerprint density at radius 2 is 1.16 bits per heavy atom. The number of carbonyl (C=O) groups excluding carboxylic acids is 2. The molecular formula is C55H71N3O9. The van der Waals surface area contributed by atoms with E-state index in [4.69, 9.17) is 38.9 Å². The molecule has 0 saturated heterocycles. The molecule has 2 fully saturated rings. The molecule has 2 atom stereocenters. The Balaban J connectivity index is 0.000000226. The van der Waals surface area contributed by atoms with E-state index >= 15 is 0 Å². The smallest absolute Gasteiger partial charge is 0.306 e. The second-order valence-electron chi connectivity index (χ2n) is 20.4. The van der Waals surface area contributed by atoms with Crippen molar-refractivity contribution in [3.05, 3.63) is 112 Å². The van der Waals surface area contributed by atoms with Gasteiger partial charge in [-0.1, -0.05) is 90.0 Å². The van der Waals surface area contributed by atoms with Gasteiger partial charge in [0.1, 0.15) is 11.2 Å². The molecule has 360 valence electrons. The topological polar surface area (TPSA) is 149 Å². The van der Waals surface area contributed by atoms with Crippen LogP contribution in [0.4, 0.5) is 0 Å². The Hall–Kier alpha value is -5.51. The van der Waals surface area contributed by atoms with Crippen LogP contribution in [0.2, 0.25) is 0 Å². The highest BCUT2D eigenvalue weighted by Crippen LogP contribution is 2.49. The van der Waals surface area contributed by atoms with Crippen molar-refractivity contribution < 1.29 is 42.1 Å². The molecule has 3 heterocycles. The van der Waals surface area contributed by atoms with E-state index in [0.717, 1.165) is 97.1 Å². The third-order valence-corrected chi connectivity index (χ3v) is 11.4. The first-order valence-electron chi connectivity index (χ1n) is 24.1. The van der Waals surface area contributed by atoms with Crippen LogP contribution in [-0.2, 0) is 48.2 Å². The van der Waals surface area contributed by atoms with Crippen LogP contribution in [0, 0.1) is 18.3 Å². The number of hydrogen-bond acceptors (Lipinski definition) is 12. The maximum Gasteiger partial charge on any atom is 0.306 e. The summed E-state index contributed by atoms with van der Waals surface area (Å²) in [5.41, 5.74) is 5.87. The number of carbonyl (C=O) groups is 2. The lowest BCUT2D eigenvalue weighted by molar-refractivity contribution is -0.156. The lowest BCUT2D eigenvalue weighted by Gasteiger charge is -2.22. The first kappa shape index (κ1) is 50.9. The summed E-state index contributed by atoms with van der Waals surface area (Å²) in [5.74, 6) is 4.93. The summed E-state index contributed by atoms with van der Waals surface area (Å²) >= 11 is 0.